The number of rotatable bonds is 10. The number of nitrogens with two attached hydrogens (primary N) is 1. The zero-order valence-corrected chi connectivity index (χ0v) is 22.4. The molecule has 4 N–H and O–H groups in total. The molecule has 2 aliphatic rings. The van der Waals surface area contributed by atoms with Gasteiger partial charge in [0, 0.05) is 37.4 Å². The third-order valence-corrected chi connectivity index (χ3v) is 8.45. The summed E-state index contributed by atoms with van der Waals surface area (Å²) < 4.78 is 123. The van der Waals surface area contributed by atoms with Gasteiger partial charge in [-0.25, -0.2) is 17.5 Å². The smallest absolute Gasteiger partial charge is 0.398 e. The molecule has 1 fully saturated rings. The predicted octanol–water partition coefficient (Wildman–Crippen LogP) is 3.83. The highest BCUT2D eigenvalue weighted by atomic mass is 32.2. The van der Waals surface area contributed by atoms with Gasteiger partial charge in [0.05, 0.1) is 5.25 Å². The van der Waals surface area contributed by atoms with Crippen molar-refractivity contribution in [1.82, 2.24) is 10.0 Å². The number of allylic oxidation sites excluding steroid dienone is 2. The number of benzene rings is 1. The molecule has 41 heavy (non-hydrogen) atoms. The van der Waals surface area contributed by atoms with Crippen molar-refractivity contribution in [3.8, 4) is 0 Å². The van der Waals surface area contributed by atoms with E-state index in [1.807, 2.05) is 0 Å². The lowest BCUT2D eigenvalue weighted by molar-refractivity contribution is -0.204. The third kappa shape index (κ3) is 7.45. The SMILES string of the molecule is CN=CC=C(N)C1=C(C(=O)NS(=O)(=O)C2CC2)C(=O)N[C@@](c2ccc(CCCCC(F)(F)F)cc2F)(C(F)(F)F)C1. The molecule has 1 aromatic rings. The summed E-state index contributed by atoms with van der Waals surface area (Å²) in [5.41, 5.74) is -0.605. The van der Waals surface area contributed by atoms with Crippen LogP contribution in [0.4, 0.5) is 30.7 Å². The van der Waals surface area contributed by atoms with E-state index >= 15 is 4.39 Å². The first-order valence-electron chi connectivity index (χ1n) is 12.3. The molecular weight excluding hydrogens is 585 g/mol. The molecule has 0 spiro atoms. The molecule has 16 heteroatoms. The van der Waals surface area contributed by atoms with Gasteiger partial charge in [0.1, 0.15) is 11.4 Å². The third-order valence-electron chi connectivity index (χ3n) is 6.63. The summed E-state index contributed by atoms with van der Waals surface area (Å²) in [5.74, 6) is -4.55. The zero-order chi connectivity index (χ0) is 30.8. The van der Waals surface area contributed by atoms with Crippen molar-refractivity contribution in [3.63, 3.8) is 0 Å². The summed E-state index contributed by atoms with van der Waals surface area (Å²) in [7, 11) is -2.90. The van der Waals surface area contributed by atoms with E-state index in [0.29, 0.717) is 0 Å². The first kappa shape index (κ1) is 32.1. The molecule has 1 heterocycles. The summed E-state index contributed by atoms with van der Waals surface area (Å²) in [6, 6.07) is 2.59. The minimum atomic E-state index is -5.36. The number of halogens is 7. The Balaban J connectivity index is 2.05. The van der Waals surface area contributed by atoms with E-state index in [-0.39, 0.29) is 37.7 Å². The Hall–Kier alpha value is -3.43. The lowest BCUT2D eigenvalue weighted by atomic mass is 9.76. The number of carbonyl (C=O) groups is 2. The molecule has 1 atom stereocenters. The Bertz CT molecular complexity index is 1400. The van der Waals surface area contributed by atoms with Crippen molar-refractivity contribution in [2.45, 2.75) is 68.1 Å². The van der Waals surface area contributed by atoms with Crippen molar-refractivity contribution in [2.24, 2.45) is 10.7 Å². The van der Waals surface area contributed by atoms with Crippen LogP contribution >= 0.6 is 0 Å². The van der Waals surface area contributed by atoms with Gasteiger partial charge in [-0.15, -0.1) is 0 Å². The number of alkyl halides is 6. The van der Waals surface area contributed by atoms with Crippen LogP contribution in [0.15, 0.2) is 46.1 Å². The van der Waals surface area contributed by atoms with E-state index in [1.54, 1.807) is 10.0 Å². The Morgan fingerprint density at radius 2 is 1.85 bits per heavy atom. The number of aryl methyl sites for hydroxylation is 1. The van der Waals surface area contributed by atoms with Crippen LogP contribution in [0, 0.1) is 5.82 Å². The minimum absolute atomic E-state index is 0.00508. The molecule has 1 saturated carbocycles. The number of nitrogens with zero attached hydrogens (tertiary/aromatic N) is 1. The van der Waals surface area contributed by atoms with Crippen LogP contribution in [0.1, 0.15) is 49.7 Å². The Labute approximate surface area is 231 Å². The van der Waals surface area contributed by atoms with Crippen LogP contribution in [0.2, 0.25) is 0 Å². The normalized spacial score (nSPS) is 20.9. The lowest BCUT2D eigenvalue weighted by Gasteiger charge is -2.41. The number of hydrogen-bond donors (Lipinski definition) is 3. The monoisotopic (exact) mass is 612 g/mol. The predicted molar refractivity (Wildman–Crippen MR) is 134 cm³/mol. The maximum Gasteiger partial charge on any atom is 0.416 e. The number of unbranched alkanes of at least 4 members (excludes halogenated alkanes) is 1. The summed E-state index contributed by atoms with van der Waals surface area (Å²) in [5, 5.41) is 0.768. The van der Waals surface area contributed by atoms with Crippen molar-refractivity contribution >= 4 is 28.1 Å². The van der Waals surface area contributed by atoms with Gasteiger partial charge in [-0.1, -0.05) is 12.1 Å². The van der Waals surface area contributed by atoms with Gasteiger partial charge in [-0.05, 0) is 55.4 Å². The molecular formula is C25H27F7N4O4S. The fourth-order valence-electron chi connectivity index (χ4n) is 4.38. The van der Waals surface area contributed by atoms with Gasteiger partial charge in [0.15, 0.2) is 5.54 Å². The molecule has 226 valence electrons. The number of amides is 2. The first-order chi connectivity index (χ1) is 18.9. The Kier molecular flexibility index (Phi) is 9.25. The molecule has 1 aromatic carbocycles. The molecule has 0 aromatic heterocycles. The summed E-state index contributed by atoms with van der Waals surface area (Å²) in [4.78, 5) is 29.6. The zero-order valence-electron chi connectivity index (χ0n) is 21.6. The van der Waals surface area contributed by atoms with E-state index in [0.717, 1.165) is 30.5 Å². The molecule has 3 rings (SSSR count). The highest BCUT2D eigenvalue weighted by Gasteiger charge is 2.61. The van der Waals surface area contributed by atoms with E-state index in [9.17, 15) is 44.3 Å². The maximum atomic E-state index is 15.3. The molecule has 0 saturated heterocycles. The fraction of sp³-hybridized carbons (Fsp3) is 0.480. The maximum absolute atomic E-state index is 15.3. The van der Waals surface area contributed by atoms with E-state index in [2.05, 4.69) is 4.99 Å². The topological polar surface area (TPSA) is 131 Å². The number of nitrogens with one attached hydrogen (secondary N) is 2. The largest absolute Gasteiger partial charge is 0.416 e. The second kappa shape index (κ2) is 11.8. The summed E-state index contributed by atoms with van der Waals surface area (Å²) in [6.45, 7) is 0. The minimum Gasteiger partial charge on any atom is -0.398 e. The second-order valence-electron chi connectivity index (χ2n) is 9.73. The van der Waals surface area contributed by atoms with Crippen molar-refractivity contribution < 1.29 is 48.7 Å². The fourth-order valence-corrected chi connectivity index (χ4v) is 5.66. The van der Waals surface area contributed by atoms with Crippen LogP contribution in [0.5, 0.6) is 0 Å². The van der Waals surface area contributed by atoms with Gasteiger partial charge < -0.3 is 11.1 Å². The number of hydrogen-bond acceptors (Lipinski definition) is 6. The highest BCUT2D eigenvalue weighted by molar-refractivity contribution is 7.91. The quantitative estimate of drug-likeness (QED) is 0.160. The van der Waals surface area contributed by atoms with Gasteiger partial charge in [0.2, 0.25) is 10.0 Å². The van der Waals surface area contributed by atoms with Crippen LogP contribution in [-0.4, -0.2) is 51.1 Å². The number of sulfonamides is 1. The molecule has 1 aliphatic heterocycles. The van der Waals surface area contributed by atoms with Crippen molar-refractivity contribution in [1.29, 1.82) is 0 Å². The van der Waals surface area contributed by atoms with Crippen LogP contribution in [0.25, 0.3) is 0 Å². The van der Waals surface area contributed by atoms with Crippen molar-refractivity contribution in [2.75, 3.05) is 7.05 Å². The molecule has 8 nitrogen and oxygen atoms in total. The van der Waals surface area contributed by atoms with Crippen LogP contribution < -0.4 is 15.8 Å². The summed E-state index contributed by atoms with van der Waals surface area (Å²) >= 11 is 0. The van der Waals surface area contributed by atoms with Crippen LogP contribution in [-0.2, 0) is 31.6 Å². The molecule has 0 bridgehead atoms. The Morgan fingerprint density at radius 3 is 2.39 bits per heavy atom. The molecule has 0 radical (unpaired) electrons. The molecule has 1 aliphatic carbocycles. The number of carbonyl (C=O) groups excluding carboxylic acids is 2. The van der Waals surface area contributed by atoms with Gasteiger partial charge in [0.25, 0.3) is 11.8 Å². The average Bonchev–Trinajstić information content (AvgIpc) is 3.69. The average molecular weight is 613 g/mol. The number of aliphatic imine (C=N–C) groups is 1. The molecule has 2 amide bonds. The highest BCUT2D eigenvalue weighted by Crippen LogP contribution is 2.48. The standard InChI is InChI=1S/C25H27F7N4O4S/c1-34-11-9-19(33)16-13-23(25(30,31)32,35-21(37)20(16)22(38)36-41(39,40)15-6-7-15)17-8-5-14(12-18(17)26)4-2-3-10-24(27,28)29/h5,8-9,11-12,15H,2-4,6-7,10,13,33H2,1H3,(H,35,37)(H,36,38)/t23-/m0/s1. The van der Waals surface area contributed by atoms with Gasteiger partial charge >= 0.3 is 12.4 Å². The van der Waals surface area contributed by atoms with E-state index < -0.39 is 86.0 Å². The van der Waals surface area contributed by atoms with Gasteiger partial charge in [-0.2, -0.15) is 26.3 Å². The van der Waals surface area contributed by atoms with Crippen LogP contribution in [0.3, 0.4) is 0 Å². The Morgan fingerprint density at radius 1 is 1.20 bits per heavy atom. The first-order valence-corrected chi connectivity index (χ1v) is 13.9. The van der Waals surface area contributed by atoms with E-state index in [4.69, 9.17) is 5.73 Å². The van der Waals surface area contributed by atoms with Gasteiger partial charge in [-0.3, -0.25) is 14.6 Å². The summed E-state index contributed by atoms with van der Waals surface area (Å²) in [6.07, 6.45) is -9.83. The molecule has 0 unspecified atom stereocenters. The van der Waals surface area contributed by atoms with Crippen molar-refractivity contribution in [3.05, 3.63) is 58.1 Å². The second-order valence-corrected chi connectivity index (χ2v) is 11.7. The lowest BCUT2D eigenvalue weighted by Crippen LogP contribution is -2.60. The van der Waals surface area contributed by atoms with E-state index in [1.165, 1.54) is 7.05 Å².